The van der Waals surface area contributed by atoms with E-state index < -0.39 is 0 Å². The lowest BCUT2D eigenvalue weighted by Crippen LogP contribution is -2.60. The van der Waals surface area contributed by atoms with Crippen molar-refractivity contribution in [1.82, 2.24) is 20.4 Å². The van der Waals surface area contributed by atoms with Gasteiger partial charge in [0.2, 0.25) is 0 Å². The summed E-state index contributed by atoms with van der Waals surface area (Å²) in [5.74, 6) is -0.162. The van der Waals surface area contributed by atoms with Crippen LogP contribution in [0.1, 0.15) is 43.1 Å². The summed E-state index contributed by atoms with van der Waals surface area (Å²) in [5, 5.41) is 20.6. The number of carbonyl (C=O) groups excluding carboxylic acids is 1. The van der Waals surface area contributed by atoms with Gasteiger partial charge in [-0.25, -0.2) is 0 Å². The van der Waals surface area contributed by atoms with Crippen molar-refractivity contribution in [3.63, 3.8) is 0 Å². The second kappa shape index (κ2) is 7.25. The van der Waals surface area contributed by atoms with Gasteiger partial charge < -0.3 is 15.2 Å². The summed E-state index contributed by atoms with van der Waals surface area (Å²) >= 11 is 0. The largest absolute Gasteiger partial charge is 0.507 e. The maximum Gasteiger partial charge on any atom is 0.272 e. The van der Waals surface area contributed by atoms with Crippen molar-refractivity contribution in [2.75, 3.05) is 19.8 Å². The molecule has 26 heavy (non-hydrogen) atoms. The fourth-order valence-electron chi connectivity index (χ4n) is 4.29. The quantitative estimate of drug-likeness (QED) is 0.761. The highest BCUT2D eigenvalue weighted by Gasteiger charge is 2.39. The number of fused-ring (bicyclic) bond motifs is 3. The first-order valence-corrected chi connectivity index (χ1v) is 9.47. The number of nitrogens with zero attached hydrogens (tertiary/aromatic N) is 2. The van der Waals surface area contributed by atoms with E-state index in [2.05, 4.69) is 27.3 Å². The number of phenols is 1. The fraction of sp³-hybridized carbons (Fsp3) is 0.579. The van der Waals surface area contributed by atoms with Gasteiger partial charge in [-0.15, -0.1) is 0 Å². The van der Waals surface area contributed by atoms with E-state index in [1.54, 1.807) is 18.2 Å². The van der Waals surface area contributed by atoms with E-state index in [9.17, 15) is 9.90 Å². The van der Waals surface area contributed by atoms with Crippen LogP contribution in [0, 0.1) is 0 Å². The summed E-state index contributed by atoms with van der Waals surface area (Å²) in [7, 11) is 0. The highest BCUT2D eigenvalue weighted by molar-refractivity contribution is 6.07. The molecule has 2 atom stereocenters. The van der Waals surface area contributed by atoms with Gasteiger partial charge in [-0.2, -0.15) is 5.10 Å². The van der Waals surface area contributed by atoms with Gasteiger partial charge in [0.05, 0.1) is 24.1 Å². The summed E-state index contributed by atoms with van der Waals surface area (Å²) in [5.41, 5.74) is 0.919. The molecule has 3 N–H and O–H groups in total. The Kier molecular flexibility index (Phi) is 4.82. The second-order valence-electron chi connectivity index (χ2n) is 7.35. The molecular formula is C19H26N4O3. The van der Waals surface area contributed by atoms with Crippen LogP contribution in [0.25, 0.3) is 10.9 Å². The zero-order valence-electron chi connectivity index (χ0n) is 15.1. The smallest absolute Gasteiger partial charge is 0.272 e. The first-order chi connectivity index (χ1) is 12.7. The molecule has 0 spiro atoms. The van der Waals surface area contributed by atoms with Crippen LogP contribution in [-0.4, -0.2) is 64.0 Å². The molecule has 140 valence electrons. The summed E-state index contributed by atoms with van der Waals surface area (Å²) in [6.45, 7) is 4.79. The van der Waals surface area contributed by atoms with Crippen LogP contribution >= 0.6 is 0 Å². The van der Waals surface area contributed by atoms with Crippen molar-refractivity contribution >= 4 is 16.8 Å². The molecule has 2 fully saturated rings. The standard InChI is InChI=1S/C19H26N4O3/c1-2-3-7-23-13-8-12(9-14(23)11-26-10-13)20-19(25)18-17-15(21-22-18)5-4-6-16(17)24/h4-6,12-14,24H,2-3,7-11H2,1H3,(H,20,25)(H,21,22). The Morgan fingerprint density at radius 1 is 1.38 bits per heavy atom. The number of aromatic nitrogens is 2. The molecule has 7 nitrogen and oxygen atoms in total. The first-order valence-electron chi connectivity index (χ1n) is 9.47. The van der Waals surface area contributed by atoms with Gasteiger partial charge >= 0.3 is 0 Å². The number of hydrogen-bond acceptors (Lipinski definition) is 5. The number of aromatic hydroxyl groups is 1. The number of amides is 1. The van der Waals surface area contributed by atoms with Crippen molar-refractivity contribution in [2.24, 2.45) is 0 Å². The van der Waals surface area contributed by atoms with Gasteiger partial charge in [0, 0.05) is 18.1 Å². The van der Waals surface area contributed by atoms with E-state index in [0.717, 1.165) is 32.6 Å². The number of aromatic amines is 1. The molecule has 3 heterocycles. The monoisotopic (exact) mass is 358 g/mol. The molecule has 2 aliphatic heterocycles. The lowest BCUT2D eigenvalue weighted by molar-refractivity contribution is -0.0802. The zero-order valence-corrected chi connectivity index (χ0v) is 15.1. The van der Waals surface area contributed by atoms with Gasteiger partial charge in [0.25, 0.3) is 5.91 Å². The number of unbranched alkanes of at least 4 members (excludes halogenated alkanes) is 1. The van der Waals surface area contributed by atoms with E-state index in [-0.39, 0.29) is 23.4 Å². The highest BCUT2D eigenvalue weighted by Crippen LogP contribution is 2.29. The maximum absolute atomic E-state index is 12.8. The number of H-pyrrole nitrogens is 1. The number of phenolic OH excluding ortho intramolecular Hbond substituents is 1. The number of hydrogen-bond donors (Lipinski definition) is 3. The predicted molar refractivity (Wildman–Crippen MR) is 98.3 cm³/mol. The van der Waals surface area contributed by atoms with E-state index >= 15 is 0 Å². The summed E-state index contributed by atoms with van der Waals surface area (Å²) in [4.78, 5) is 15.3. The zero-order chi connectivity index (χ0) is 18.1. The molecule has 0 radical (unpaired) electrons. The lowest BCUT2D eigenvalue weighted by atomic mass is 9.89. The maximum atomic E-state index is 12.8. The van der Waals surface area contributed by atoms with E-state index in [4.69, 9.17) is 4.74 Å². The number of ether oxygens (including phenoxy) is 1. The molecule has 7 heteroatoms. The SMILES string of the molecule is CCCCN1C2COCC1CC(NC(=O)c1n[nH]c3cccc(O)c13)C2. The number of morpholine rings is 1. The van der Waals surface area contributed by atoms with Crippen LogP contribution in [0.5, 0.6) is 5.75 Å². The number of carbonyl (C=O) groups is 1. The number of benzene rings is 1. The second-order valence-corrected chi connectivity index (χ2v) is 7.35. The third-order valence-corrected chi connectivity index (χ3v) is 5.56. The van der Waals surface area contributed by atoms with E-state index in [0.29, 0.717) is 23.0 Å². The molecule has 0 aliphatic carbocycles. The van der Waals surface area contributed by atoms with Crippen LogP contribution in [0.15, 0.2) is 18.2 Å². The number of rotatable bonds is 5. The third-order valence-electron chi connectivity index (χ3n) is 5.56. The summed E-state index contributed by atoms with van der Waals surface area (Å²) < 4.78 is 5.74. The average Bonchev–Trinajstić information content (AvgIpc) is 3.05. The van der Waals surface area contributed by atoms with Crippen molar-refractivity contribution in [1.29, 1.82) is 0 Å². The van der Waals surface area contributed by atoms with Crippen LogP contribution < -0.4 is 5.32 Å². The van der Waals surface area contributed by atoms with Crippen LogP contribution in [0.4, 0.5) is 0 Å². The predicted octanol–water partition coefficient (Wildman–Crippen LogP) is 2.03. The van der Waals surface area contributed by atoms with Gasteiger partial charge in [-0.1, -0.05) is 19.4 Å². The molecule has 2 aliphatic rings. The Morgan fingerprint density at radius 3 is 2.88 bits per heavy atom. The molecule has 2 bridgehead atoms. The van der Waals surface area contributed by atoms with E-state index in [1.807, 2.05) is 0 Å². The lowest BCUT2D eigenvalue weighted by Gasteiger charge is -2.48. The van der Waals surface area contributed by atoms with Crippen molar-refractivity contribution in [3.8, 4) is 5.75 Å². The Labute approximate surface area is 152 Å². The molecule has 2 unspecified atom stereocenters. The third kappa shape index (κ3) is 3.17. The Balaban J connectivity index is 1.47. The first kappa shape index (κ1) is 17.3. The Morgan fingerprint density at radius 2 is 2.15 bits per heavy atom. The summed E-state index contributed by atoms with van der Waals surface area (Å²) in [6, 6.07) is 5.93. The van der Waals surface area contributed by atoms with Crippen LogP contribution in [-0.2, 0) is 4.74 Å². The summed E-state index contributed by atoms with van der Waals surface area (Å²) in [6.07, 6.45) is 4.16. The molecule has 0 saturated carbocycles. The normalized spacial score (nSPS) is 26.1. The number of piperidine rings is 1. The fourth-order valence-corrected chi connectivity index (χ4v) is 4.29. The average molecular weight is 358 g/mol. The van der Waals surface area contributed by atoms with Crippen molar-refractivity contribution < 1.29 is 14.6 Å². The minimum atomic E-state index is -0.233. The highest BCUT2D eigenvalue weighted by atomic mass is 16.5. The van der Waals surface area contributed by atoms with Crippen molar-refractivity contribution in [3.05, 3.63) is 23.9 Å². The van der Waals surface area contributed by atoms with Crippen molar-refractivity contribution in [2.45, 2.75) is 50.7 Å². The van der Waals surface area contributed by atoms with Crippen LogP contribution in [0.3, 0.4) is 0 Å². The van der Waals surface area contributed by atoms with Gasteiger partial charge in [0.1, 0.15) is 5.75 Å². The Bertz CT molecular complexity index is 776. The Hall–Kier alpha value is -2.12. The molecule has 2 saturated heterocycles. The topological polar surface area (TPSA) is 90.5 Å². The van der Waals surface area contributed by atoms with Gasteiger partial charge in [-0.05, 0) is 37.9 Å². The molecule has 1 aromatic heterocycles. The molecule has 1 aromatic carbocycles. The van der Waals surface area contributed by atoms with E-state index in [1.165, 1.54) is 12.8 Å². The molecule has 4 rings (SSSR count). The van der Waals surface area contributed by atoms with Crippen LogP contribution in [0.2, 0.25) is 0 Å². The minimum Gasteiger partial charge on any atom is -0.507 e. The minimum absolute atomic E-state index is 0.0704. The van der Waals surface area contributed by atoms with Gasteiger partial charge in [-0.3, -0.25) is 14.8 Å². The molecule has 2 aromatic rings. The molecular weight excluding hydrogens is 332 g/mol. The molecule has 1 amide bonds. The number of nitrogens with one attached hydrogen (secondary N) is 2. The van der Waals surface area contributed by atoms with Gasteiger partial charge in [0.15, 0.2) is 5.69 Å².